The van der Waals surface area contributed by atoms with Crippen LogP contribution in [0.15, 0.2) is 36.4 Å². The molecule has 18 heavy (non-hydrogen) atoms. The third kappa shape index (κ3) is 2.33. The number of phenols is 2. The minimum atomic E-state index is 0.278. The van der Waals surface area contributed by atoms with Crippen LogP contribution >= 0.6 is 0 Å². The van der Waals surface area contributed by atoms with Gasteiger partial charge in [0.2, 0.25) is 0 Å². The van der Waals surface area contributed by atoms with Crippen LogP contribution in [0.4, 0.5) is 0 Å². The van der Waals surface area contributed by atoms with Gasteiger partial charge in [0.15, 0.2) is 0 Å². The van der Waals surface area contributed by atoms with Crippen LogP contribution in [0.5, 0.6) is 11.5 Å². The van der Waals surface area contributed by atoms with E-state index in [0.29, 0.717) is 12.2 Å². The van der Waals surface area contributed by atoms with Gasteiger partial charge in [-0.1, -0.05) is 31.2 Å². The van der Waals surface area contributed by atoms with Gasteiger partial charge in [0.1, 0.15) is 11.5 Å². The number of aryl methyl sites for hydroxylation is 1. The molecule has 0 aromatic heterocycles. The van der Waals surface area contributed by atoms with Crippen LogP contribution in [-0.2, 0) is 12.8 Å². The molecule has 2 heteroatoms. The van der Waals surface area contributed by atoms with Crippen LogP contribution in [-0.4, -0.2) is 10.2 Å². The molecule has 2 aromatic rings. The summed E-state index contributed by atoms with van der Waals surface area (Å²) in [6, 6.07) is 10.9. The number of phenolic OH excluding ortho intramolecular Hbond substituents is 2. The molecule has 0 spiro atoms. The van der Waals surface area contributed by atoms with E-state index in [1.54, 1.807) is 18.2 Å². The van der Waals surface area contributed by atoms with E-state index in [-0.39, 0.29) is 5.75 Å². The van der Waals surface area contributed by atoms with Crippen LogP contribution < -0.4 is 0 Å². The highest BCUT2D eigenvalue weighted by molar-refractivity contribution is 5.48. The van der Waals surface area contributed by atoms with Crippen LogP contribution in [0.2, 0.25) is 0 Å². The van der Waals surface area contributed by atoms with Gasteiger partial charge in [-0.2, -0.15) is 0 Å². The minimum Gasteiger partial charge on any atom is -0.508 e. The smallest absolute Gasteiger partial charge is 0.119 e. The first-order valence-electron chi connectivity index (χ1n) is 6.20. The van der Waals surface area contributed by atoms with Crippen molar-refractivity contribution in [1.29, 1.82) is 0 Å². The topological polar surface area (TPSA) is 40.5 Å². The Morgan fingerprint density at radius 2 is 1.61 bits per heavy atom. The molecule has 94 valence electrons. The van der Waals surface area contributed by atoms with Crippen molar-refractivity contribution in [2.45, 2.75) is 26.7 Å². The number of para-hydroxylation sites is 1. The van der Waals surface area contributed by atoms with Crippen LogP contribution in [0.25, 0.3) is 0 Å². The molecule has 0 saturated carbocycles. The lowest BCUT2D eigenvalue weighted by atomic mass is 9.93. The first-order valence-corrected chi connectivity index (χ1v) is 6.20. The predicted octanol–water partition coefficient (Wildman–Crippen LogP) is 3.56. The first-order chi connectivity index (χ1) is 8.63. The van der Waals surface area contributed by atoms with Gasteiger partial charge in [-0.15, -0.1) is 0 Å². The van der Waals surface area contributed by atoms with Crippen LogP contribution in [0.3, 0.4) is 0 Å². The molecule has 0 unspecified atom stereocenters. The van der Waals surface area contributed by atoms with E-state index < -0.39 is 0 Å². The molecule has 0 radical (unpaired) electrons. The summed E-state index contributed by atoms with van der Waals surface area (Å²) in [5.41, 5.74) is 4.10. The normalized spacial score (nSPS) is 10.6. The highest BCUT2D eigenvalue weighted by Gasteiger charge is 2.11. The summed E-state index contributed by atoms with van der Waals surface area (Å²) in [5.74, 6) is 0.584. The highest BCUT2D eigenvalue weighted by atomic mass is 16.3. The van der Waals surface area contributed by atoms with Gasteiger partial charge in [-0.05, 0) is 42.2 Å². The maximum Gasteiger partial charge on any atom is 0.119 e. The third-order valence-corrected chi connectivity index (χ3v) is 3.35. The molecule has 0 aliphatic heterocycles. The largest absolute Gasteiger partial charge is 0.508 e. The zero-order valence-electron chi connectivity index (χ0n) is 10.8. The molecule has 0 aliphatic rings. The lowest BCUT2D eigenvalue weighted by molar-refractivity contribution is 0.462. The van der Waals surface area contributed by atoms with Gasteiger partial charge in [0, 0.05) is 12.0 Å². The molecule has 2 rings (SSSR count). The monoisotopic (exact) mass is 242 g/mol. The molecule has 0 fully saturated rings. The second-order valence-corrected chi connectivity index (χ2v) is 4.52. The maximum absolute atomic E-state index is 10.0. The molecule has 2 aromatic carbocycles. The van der Waals surface area contributed by atoms with Crippen molar-refractivity contribution >= 4 is 0 Å². The van der Waals surface area contributed by atoms with Crippen molar-refractivity contribution in [2.24, 2.45) is 0 Å². The van der Waals surface area contributed by atoms with Gasteiger partial charge in [-0.25, -0.2) is 0 Å². The standard InChI is InChI=1S/C16H18O2/c1-3-13-11(2)8-9-16(18)14(13)10-12-6-4-5-7-15(12)17/h4-9,17-18H,3,10H2,1-2H3. The quantitative estimate of drug-likeness (QED) is 0.864. The Morgan fingerprint density at radius 3 is 2.28 bits per heavy atom. The minimum absolute atomic E-state index is 0.278. The van der Waals surface area contributed by atoms with Crippen molar-refractivity contribution in [2.75, 3.05) is 0 Å². The van der Waals surface area contributed by atoms with Gasteiger partial charge in [-0.3, -0.25) is 0 Å². The fourth-order valence-electron chi connectivity index (χ4n) is 2.34. The van der Waals surface area contributed by atoms with E-state index in [2.05, 4.69) is 6.92 Å². The summed E-state index contributed by atoms with van der Waals surface area (Å²) in [5, 5.41) is 19.8. The molecular formula is C16H18O2. The summed E-state index contributed by atoms with van der Waals surface area (Å²) < 4.78 is 0. The number of aromatic hydroxyl groups is 2. The molecule has 0 saturated heterocycles. The predicted molar refractivity (Wildman–Crippen MR) is 73.1 cm³/mol. The van der Waals surface area contributed by atoms with E-state index >= 15 is 0 Å². The average molecular weight is 242 g/mol. The second-order valence-electron chi connectivity index (χ2n) is 4.52. The molecule has 0 atom stereocenters. The molecule has 0 heterocycles. The van der Waals surface area contributed by atoms with Gasteiger partial charge >= 0.3 is 0 Å². The van der Waals surface area contributed by atoms with Crippen LogP contribution in [0, 0.1) is 6.92 Å². The highest BCUT2D eigenvalue weighted by Crippen LogP contribution is 2.29. The average Bonchev–Trinajstić information content (AvgIpc) is 2.37. The summed E-state index contributed by atoms with van der Waals surface area (Å²) in [4.78, 5) is 0. The maximum atomic E-state index is 10.0. The Balaban J connectivity index is 2.46. The lowest BCUT2D eigenvalue weighted by Gasteiger charge is -2.14. The Hall–Kier alpha value is -1.96. The Bertz CT molecular complexity index is 559. The van der Waals surface area contributed by atoms with Crippen molar-refractivity contribution in [3.63, 3.8) is 0 Å². The van der Waals surface area contributed by atoms with Gasteiger partial charge < -0.3 is 10.2 Å². The zero-order chi connectivity index (χ0) is 13.1. The van der Waals surface area contributed by atoms with Gasteiger partial charge in [0.25, 0.3) is 0 Å². The first kappa shape index (κ1) is 12.5. The number of rotatable bonds is 3. The Kier molecular flexibility index (Phi) is 3.56. The van der Waals surface area contributed by atoms with E-state index in [0.717, 1.165) is 17.5 Å². The summed E-state index contributed by atoms with van der Waals surface area (Å²) in [6.45, 7) is 4.13. The Morgan fingerprint density at radius 1 is 0.889 bits per heavy atom. The molecular weight excluding hydrogens is 224 g/mol. The number of hydrogen-bond acceptors (Lipinski definition) is 2. The second kappa shape index (κ2) is 5.13. The summed E-state index contributed by atoms with van der Waals surface area (Å²) in [6.07, 6.45) is 1.44. The molecule has 0 bridgehead atoms. The summed E-state index contributed by atoms with van der Waals surface area (Å²) in [7, 11) is 0. The number of benzene rings is 2. The summed E-state index contributed by atoms with van der Waals surface area (Å²) >= 11 is 0. The van der Waals surface area contributed by atoms with E-state index in [9.17, 15) is 10.2 Å². The van der Waals surface area contributed by atoms with Crippen molar-refractivity contribution in [1.82, 2.24) is 0 Å². The van der Waals surface area contributed by atoms with Crippen LogP contribution in [0.1, 0.15) is 29.2 Å². The van der Waals surface area contributed by atoms with Crippen molar-refractivity contribution in [3.8, 4) is 11.5 Å². The zero-order valence-corrected chi connectivity index (χ0v) is 10.8. The Labute approximate surface area is 108 Å². The van der Waals surface area contributed by atoms with E-state index in [4.69, 9.17) is 0 Å². The SMILES string of the molecule is CCc1c(C)ccc(O)c1Cc1ccccc1O. The third-order valence-electron chi connectivity index (χ3n) is 3.35. The molecule has 2 N–H and O–H groups in total. The van der Waals surface area contributed by atoms with Crippen molar-refractivity contribution in [3.05, 3.63) is 58.7 Å². The molecule has 0 aliphatic carbocycles. The molecule has 0 amide bonds. The fraction of sp³-hybridized carbons (Fsp3) is 0.250. The number of hydrogen-bond donors (Lipinski definition) is 2. The van der Waals surface area contributed by atoms with E-state index in [1.807, 2.05) is 25.1 Å². The fourth-order valence-corrected chi connectivity index (χ4v) is 2.34. The molecule has 2 nitrogen and oxygen atoms in total. The van der Waals surface area contributed by atoms with Gasteiger partial charge in [0.05, 0.1) is 0 Å². The van der Waals surface area contributed by atoms with E-state index in [1.165, 1.54) is 11.1 Å². The lowest BCUT2D eigenvalue weighted by Crippen LogP contribution is -1.98. The van der Waals surface area contributed by atoms with Crippen molar-refractivity contribution < 1.29 is 10.2 Å².